The van der Waals surface area contributed by atoms with Gasteiger partial charge in [0.2, 0.25) is 5.91 Å². The molecule has 1 aromatic carbocycles. The highest BCUT2D eigenvalue weighted by Gasteiger charge is 2.35. The van der Waals surface area contributed by atoms with Gasteiger partial charge in [-0.2, -0.15) is 5.10 Å². The fourth-order valence-electron chi connectivity index (χ4n) is 2.94. The molecule has 116 valence electrons. The minimum Gasteiger partial charge on any atom is -0.324 e. The number of hydrogen-bond acceptors (Lipinski definition) is 3. The molecule has 0 spiro atoms. The van der Waals surface area contributed by atoms with Crippen molar-refractivity contribution in [2.75, 3.05) is 5.32 Å². The Morgan fingerprint density at radius 2 is 1.95 bits per heavy atom. The fourth-order valence-corrected chi connectivity index (χ4v) is 2.94. The van der Waals surface area contributed by atoms with Crippen LogP contribution in [0.4, 0.5) is 5.69 Å². The normalized spacial score (nSPS) is 17.1. The summed E-state index contributed by atoms with van der Waals surface area (Å²) in [5.41, 5.74) is 7.48. The molecule has 3 rings (SSSR count). The Balaban J connectivity index is 1.62. The van der Waals surface area contributed by atoms with E-state index in [0.29, 0.717) is 0 Å². The highest BCUT2D eigenvalue weighted by atomic mass is 16.2. The minimum atomic E-state index is -0.702. The molecule has 1 heterocycles. The van der Waals surface area contributed by atoms with E-state index in [-0.39, 0.29) is 5.91 Å². The van der Waals surface area contributed by atoms with Crippen LogP contribution in [0.25, 0.3) is 0 Å². The lowest BCUT2D eigenvalue weighted by molar-refractivity contribution is -0.122. The molecule has 0 saturated heterocycles. The molecule has 0 aliphatic heterocycles. The molecule has 0 unspecified atom stereocenters. The molecule has 1 aromatic heterocycles. The van der Waals surface area contributed by atoms with Gasteiger partial charge in [-0.25, -0.2) is 0 Å². The van der Waals surface area contributed by atoms with Crippen molar-refractivity contribution in [3.05, 3.63) is 48.3 Å². The van der Waals surface area contributed by atoms with E-state index in [1.807, 2.05) is 41.2 Å². The Morgan fingerprint density at radius 3 is 2.59 bits per heavy atom. The Labute approximate surface area is 130 Å². The van der Waals surface area contributed by atoms with Crippen LogP contribution in [0.5, 0.6) is 0 Å². The van der Waals surface area contributed by atoms with Gasteiger partial charge in [0.05, 0.1) is 12.1 Å². The maximum atomic E-state index is 12.4. The van der Waals surface area contributed by atoms with Crippen molar-refractivity contribution in [2.24, 2.45) is 5.73 Å². The zero-order valence-corrected chi connectivity index (χ0v) is 12.7. The summed E-state index contributed by atoms with van der Waals surface area (Å²) in [4.78, 5) is 12.4. The second-order valence-electron chi connectivity index (χ2n) is 6.07. The van der Waals surface area contributed by atoms with E-state index >= 15 is 0 Å². The van der Waals surface area contributed by atoms with E-state index in [0.717, 1.165) is 43.5 Å². The van der Waals surface area contributed by atoms with Crippen molar-refractivity contribution in [3.63, 3.8) is 0 Å². The van der Waals surface area contributed by atoms with Gasteiger partial charge in [-0.15, -0.1) is 0 Å². The Kier molecular flexibility index (Phi) is 4.24. The Hall–Kier alpha value is -2.14. The first-order valence-corrected chi connectivity index (χ1v) is 7.82. The van der Waals surface area contributed by atoms with E-state index in [4.69, 9.17) is 5.73 Å². The van der Waals surface area contributed by atoms with Crippen LogP contribution in [0.15, 0.2) is 42.7 Å². The molecule has 0 atom stereocenters. The molecular formula is C17H22N4O. The summed E-state index contributed by atoms with van der Waals surface area (Å²) in [6, 6.07) is 9.74. The van der Waals surface area contributed by atoms with Crippen LogP contribution in [0, 0.1) is 0 Å². The fraction of sp³-hybridized carbons (Fsp3) is 0.412. The van der Waals surface area contributed by atoms with Gasteiger partial charge in [0, 0.05) is 18.1 Å². The molecule has 1 aliphatic carbocycles. The van der Waals surface area contributed by atoms with E-state index in [9.17, 15) is 4.79 Å². The molecule has 1 fully saturated rings. The Morgan fingerprint density at radius 1 is 1.23 bits per heavy atom. The summed E-state index contributed by atoms with van der Waals surface area (Å²) in [5, 5.41) is 7.13. The lowest BCUT2D eigenvalue weighted by Crippen LogP contribution is -2.52. The van der Waals surface area contributed by atoms with Gasteiger partial charge in [0.15, 0.2) is 0 Å². The van der Waals surface area contributed by atoms with Crippen LogP contribution in [0.1, 0.15) is 37.7 Å². The zero-order chi connectivity index (χ0) is 15.4. The van der Waals surface area contributed by atoms with Gasteiger partial charge < -0.3 is 11.1 Å². The van der Waals surface area contributed by atoms with E-state index in [1.54, 1.807) is 6.20 Å². The number of amides is 1. The van der Waals surface area contributed by atoms with Crippen LogP contribution in [-0.2, 0) is 11.3 Å². The summed E-state index contributed by atoms with van der Waals surface area (Å²) < 4.78 is 1.87. The quantitative estimate of drug-likeness (QED) is 0.911. The standard InChI is InChI=1S/C17H22N4O/c18-17(9-2-1-3-10-17)16(22)20-15-7-5-14(6-8-15)13-21-12-4-11-19-21/h4-8,11-12H,1-3,9-10,13,18H2,(H,20,22). The molecule has 22 heavy (non-hydrogen) atoms. The molecule has 1 saturated carbocycles. The first-order chi connectivity index (χ1) is 10.7. The van der Waals surface area contributed by atoms with Crippen LogP contribution in [-0.4, -0.2) is 21.2 Å². The number of carbonyl (C=O) groups excluding carboxylic acids is 1. The lowest BCUT2D eigenvalue weighted by atomic mass is 9.82. The molecule has 0 bridgehead atoms. The largest absolute Gasteiger partial charge is 0.324 e. The third-order valence-corrected chi connectivity index (χ3v) is 4.31. The van der Waals surface area contributed by atoms with Gasteiger partial charge in [-0.05, 0) is 36.6 Å². The van der Waals surface area contributed by atoms with Gasteiger partial charge >= 0.3 is 0 Å². The van der Waals surface area contributed by atoms with Gasteiger partial charge in [0.1, 0.15) is 0 Å². The van der Waals surface area contributed by atoms with E-state index < -0.39 is 5.54 Å². The van der Waals surface area contributed by atoms with Gasteiger partial charge in [-0.1, -0.05) is 31.4 Å². The molecule has 1 aliphatic rings. The van der Waals surface area contributed by atoms with Crippen molar-refractivity contribution < 1.29 is 4.79 Å². The molecule has 2 aromatic rings. The monoisotopic (exact) mass is 298 g/mol. The third kappa shape index (κ3) is 3.36. The van der Waals surface area contributed by atoms with Crippen molar-refractivity contribution in [2.45, 2.75) is 44.2 Å². The van der Waals surface area contributed by atoms with Crippen molar-refractivity contribution in [1.29, 1.82) is 0 Å². The summed E-state index contributed by atoms with van der Waals surface area (Å²) >= 11 is 0. The molecule has 1 amide bonds. The van der Waals surface area contributed by atoms with Gasteiger partial charge in [0.25, 0.3) is 0 Å². The smallest absolute Gasteiger partial charge is 0.244 e. The molecule has 3 N–H and O–H groups in total. The summed E-state index contributed by atoms with van der Waals surface area (Å²) in [7, 11) is 0. The van der Waals surface area contributed by atoms with Crippen LogP contribution < -0.4 is 11.1 Å². The number of aromatic nitrogens is 2. The maximum absolute atomic E-state index is 12.4. The summed E-state index contributed by atoms with van der Waals surface area (Å²) in [5.74, 6) is -0.0629. The molecule has 5 nitrogen and oxygen atoms in total. The van der Waals surface area contributed by atoms with Gasteiger partial charge in [-0.3, -0.25) is 9.48 Å². The number of hydrogen-bond donors (Lipinski definition) is 2. The number of benzene rings is 1. The molecule has 0 radical (unpaired) electrons. The number of nitrogens with zero attached hydrogens (tertiary/aromatic N) is 2. The predicted molar refractivity (Wildman–Crippen MR) is 86.4 cm³/mol. The molecule has 5 heteroatoms. The first-order valence-electron chi connectivity index (χ1n) is 7.82. The third-order valence-electron chi connectivity index (χ3n) is 4.31. The highest BCUT2D eigenvalue weighted by molar-refractivity contribution is 5.98. The van der Waals surface area contributed by atoms with E-state index in [1.165, 1.54) is 6.42 Å². The number of nitrogens with one attached hydrogen (secondary N) is 1. The molecular weight excluding hydrogens is 276 g/mol. The van der Waals surface area contributed by atoms with Crippen LogP contribution in [0.3, 0.4) is 0 Å². The number of carbonyl (C=O) groups is 1. The number of anilines is 1. The topological polar surface area (TPSA) is 72.9 Å². The van der Waals surface area contributed by atoms with Crippen molar-refractivity contribution in [3.8, 4) is 0 Å². The van der Waals surface area contributed by atoms with Crippen molar-refractivity contribution >= 4 is 11.6 Å². The van der Waals surface area contributed by atoms with Crippen LogP contribution in [0.2, 0.25) is 0 Å². The Bertz CT molecular complexity index is 613. The zero-order valence-electron chi connectivity index (χ0n) is 12.7. The average Bonchev–Trinajstić information content (AvgIpc) is 3.03. The van der Waals surface area contributed by atoms with E-state index in [2.05, 4.69) is 10.4 Å². The predicted octanol–water partition coefficient (Wildman–Crippen LogP) is 2.53. The highest BCUT2D eigenvalue weighted by Crippen LogP contribution is 2.27. The lowest BCUT2D eigenvalue weighted by Gasteiger charge is -2.31. The number of rotatable bonds is 4. The van der Waals surface area contributed by atoms with Crippen LogP contribution >= 0.6 is 0 Å². The SMILES string of the molecule is NC1(C(=O)Nc2ccc(Cn3cccn3)cc2)CCCCC1. The summed E-state index contributed by atoms with van der Waals surface area (Å²) in [6.45, 7) is 0.724. The average molecular weight is 298 g/mol. The summed E-state index contributed by atoms with van der Waals surface area (Å²) in [6.07, 6.45) is 8.48. The van der Waals surface area contributed by atoms with Crippen molar-refractivity contribution in [1.82, 2.24) is 9.78 Å². The first kappa shape index (κ1) is 14.8. The minimum absolute atomic E-state index is 0.0629. The second-order valence-corrected chi connectivity index (χ2v) is 6.07. The number of nitrogens with two attached hydrogens (primary N) is 1. The second kappa shape index (κ2) is 6.32. The maximum Gasteiger partial charge on any atom is 0.244 e.